The van der Waals surface area contributed by atoms with E-state index in [-0.39, 0.29) is 43.8 Å². The number of carbonyl (C=O) groups excluding carboxylic acids is 3. The van der Waals surface area contributed by atoms with E-state index < -0.39 is 54.1 Å². The van der Waals surface area contributed by atoms with Crippen molar-refractivity contribution < 1.29 is 61.0 Å². The van der Waals surface area contributed by atoms with Gasteiger partial charge < -0.3 is 32.1 Å². The van der Waals surface area contributed by atoms with Crippen LogP contribution >= 0.6 is 0 Å². The van der Waals surface area contributed by atoms with E-state index in [0.717, 1.165) is 13.2 Å². The quantitative estimate of drug-likeness (QED) is 0.217. The Morgan fingerprint density at radius 2 is 1.74 bits per heavy atom. The summed E-state index contributed by atoms with van der Waals surface area (Å²) in [5, 5.41) is 11.7. The minimum atomic E-state index is -4.89. The van der Waals surface area contributed by atoms with Crippen molar-refractivity contribution in [1.82, 2.24) is 5.32 Å². The molecule has 0 saturated heterocycles. The molecule has 2 aromatic carbocycles. The Labute approximate surface area is 238 Å². The molecule has 0 heterocycles. The van der Waals surface area contributed by atoms with E-state index in [0.29, 0.717) is 11.1 Å². The number of hydrogen-bond acceptors (Lipinski definition) is 6. The molecule has 11 heteroatoms. The first kappa shape index (κ1) is 35.9. The van der Waals surface area contributed by atoms with Gasteiger partial charge in [0.05, 0.1) is 13.7 Å². The standard InChI is InChI=1S/C27H28F3NO6.CH3.Li/c1-26(2,3)37-25(35)31-22(24(34)36-4)14-18-8-5-7-17(11-18)12-21(16-33)23(27(28,29)30)20-10-6-9-19(13-20)15-32;;/h5-9,11,13,22,32H,12,14-15H2,1-4H3,(H,31,35);1H3;/q-2;-1;+1/b23-21+;;/t22-;;/m0../s1. The molecule has 2 aromatic rings. The molecule has 0 aliphatic heterocycles. The van der Waals surface area contributed by atoms with Gasteiger partial charge in [0, 0.05) is 6.42 Å². The zero-order valence-corrected chi connectivity index (χ0v) is 22.9. The normalized spacial score (nSPS) is 12.6. The largest absolute Gasteiger partial charge is 1.00 e. The van der Waals surface area contributed by atoms with Crippen molar-refractivity contribution in [2.45, 2.75) is 58.0 Å². The molecule has 0 radical (unpaired) electrons. The van der Waals surface area contributed by atoms with Gasteiger partial charge in [0.1, 0.15) is 11.6 Å². The predicted octanol–water partition coefficient (Wildman–Crippen LogP) is 1.71. The van der Waals surface area contributed by atoms with Crippen molar-refractivity contribution in [3.63, 3.8) is 0 Å². The smallest absolute Gasteiger partial charge is 0.467 e. The first-order valence-corrected chi connectivity index (χ1v) is 11.2. The Kier molecular flexibility index (Phi) is 14.3. The number of alkyl halides is 3. The second kappa shape index (κ2) is 15.5. The number of halogens is 3. The van der Waals surface area contributed by atoms with Crippen LogP contribution in [0.25, 0.3) is 5.57 Å². The van der Waals surface area contributed by atoms with Gasteiger partial charge >= 0.3 is 37.1 Å². The number of benzene rings is 2. The van der Waals surface area contributed by atoms with Gasteiger partial charge in [0.15, 0.2) is 0 Å². The van der Waals surface area contributed by atoms with Crippen molar-refractivity contribution in [2.24, 2.45) is 0 Å². The van der Waals surface area contributed by atoms with E-state index in [1.165, 1.54) is 30.6 Å². The number of ether oxygens (including phenoxy) is 2. The Morgan fingerprint density at radius 3 is 2.28 bits per heavy atom. The fourth-order valence-corrected chi connectivity index (χ4v) is 3.51. The van der Waals surface area contributed by atoms with Crippen LogP contribution in [0.1, 0.15) is 43.0 Å². The third-order valence-corrected chi connectivity index (χ3v) is 5.02. The molecule has 208 valence electrons. The Morgan fingerprint density at radius 1 is 1.10 bits per heavy atom. The molecule has 2 rings (SSSR count). The van der Waals surface area contributed by atoms with Gasteiger partial charge in [-0.1, -0.05) is 24.3 Å². The van der Waals surface area contributed by atoms with E-state index in [1.807, 2.05) is 0 Å². The number of methoxy groups -OCH3 is 1. The summed E-state index contributed by atoms with van der Waals surface area (Å²) in [5.74, 6) is -0.739. The summed E-state index contributed by atoms with van der Waals surface area (Å²) in [5.41, 5.74) is -1.97. The van der Waals surface area contributed by atoms with E-state index in [4.69, 9.17) is 9.47 Å². The molecule has 0 aromatic heterocycles. The monoisotopic (exact) mass is 541 g/mol. The molecule has 0 bridgehead atoms. The molecular formula is C28H31F3LiNO6-2. The number of hydrogen-bond donors (Lipinski definition) is 2. The van der Waals surface area contributed by atoms with Crippen LogP contribution in [0.4, 0.5) is 18.0 Å². The summed E-state index contributed by atoms with van der Waals surface area (Å²) in [6.07, 6.45) is -4.77. The Bertz CT molecular complexity index is 1160. The molecule has 0 saturated carbocycles. The Hall–Kier alpha value is -3.06. The first-order chi connectivity index (χ1) is 17.3. The maximum atomic E-state index is 14.0. The number of aliphatic hydroxyl groups is 1. The van der Waals surface area contributed by atoms with Gasteiger partial charge in [-0.25, -0.2) is 9.59 Å². The summed E-state index contributed by atoms with van der Waals surface area (Å²) >= 11 is 0. The maximum Gasteiger partial charge on any atom is 1.00 e. The van der Waals surface area contributed by atoms with Crippen LogP contribution in [0.15, 0.2) is 48.0 Å². The SMILES string of the molecule is COC(=O)[C@H](Cc1cccc(C/C([C-]=O)=C(/c2[c-]ccc(CO)c2)C(F)(F)F)c1)NC(=O)OC(C)(C)C.[CH3-].[Li+]. The molecule has 0 unspecified atom stereocenters. The van der Waals surface area contributed by atoms with Crippen LogP contribution in [0.5, 0.6) is 0 Å². The van der Waals surface area contributed by atoms with E-state index in [9.17, 15) is 32.7 Å². The second-order valence-electron chi connectivity index (χ2n) is 9.14. The summed E-state index contributed by atoms with van der Waals surface area (Å²) in [7, 11) is 1.15. The summed E-state index contributed by atoms with van der Waals surface area (Å²) in [6, 6.07) is 11.3. The van der Waals surface area contributed by atoms with E-state index >= 15 is 0 Å². The summed E-state index contributed by atoms with van der Waals surface area (Å²) in [6.45, 7) is 4.50. The minimum Gasteiger partial charge on any atom is -0.467 e. The van der Waals surface area contributed by atoms with Gasteiger partial charge in [-0.15, -0.1) is 41.0 Å². The van der Waals surface area contributed by atoms with Crippen molar-refractivity contribution in [2.75, 3.05) is 7.11 Å². The average Bonchev–Trinajstić information content (AvgIpc) is 2.81. The third kappa shape index (κ3) is 11.3. The topological polar surface area (TPSA) is 102 Å². The van der Waals surface area contributed by atoms with Crippen molar-refractivity contribution in [1.29, 1.82) is 0 Å². The number of aliphatic hydroxyl groups excluding tert-OH is 1. The third-order valence-electron chi connectivity index (χ3n) is 5.02. The fourth-order valence-electron chi connectivity index (χ4n) is 3.51. The van der Waals surface area contributed by atoms with Crippen LogP contribution in [0.3, 0.4) is 0 Å². The van der Waals surface area contributed by atoms with Crippen molar-refractivity contribution in [3.05, 3.63) is 83.8 Å². The molecule has 1 amide bonds. The van der Waals surface area contributed by atoms with Gasteiger partial charge in [0.2, 0.25) is 0 Å². The molecule has 0 fully saturated rings. The fraction of sp³-hybridized carbons (Fsp3) is 0.357. The number of amides is 1. The zero-order chi connectivity index (χ0) is 27.8. The summed E-state index contributed by atoms with van der Waals surface area (Å²) in [4.78, 5) is 36.1. The maximum absolute atomic E-state index is 14.0. The second-order valence-corrected chi connectivity index (χ2v) is 9.14. The molecule has 2 N–H and O–H groups in total. The number of esters is 1. The van der Waals surface area contributed by atoms with Gasteiger partial charge in [-0.2, -0.15) is 13.2 Å². The molecule has 39 heavy (non-hydrogen) atoms. The molecule has 7 nitrogen and oxygen atoms in total. The number of nitrogens with one attached hydrogen (secondary N) is 1. The molecule has 0 spiro atoms. The molecule has 1 atom stereocenters. The molecule has 0 aliphatic rings. The van der Waals surface area contributed by atoms with Gasteiger partial charge in [-0.3, -0.25) is 0 Å². The predicted molar refractivity (Wildman–Crippen MR) is 135 cm³/mol. The number of allylic oxidation sites excluding steroid dienone is 2. The molecule has 0 aliphatic carbocycles. The van der Waals surface area contributed by atoms with Crippen molar-refractivity contribution in [3.8, 4) is 0 Å². The van der Waals surface area contributed by atoms with Crippen LogP contribution in [0.2, 0.25) is 0 Å². The zero-order valence-electron chi connectivity index (χ0n) is 22.9. The number of rotatable bonds is 9. The average molecular weight is 541 g/mol. The van der Waals surface area contributed by atoms with Crippen LogP contribution < -0.4 is 24.2 Å². The summed E-state index contributed by atoms with van der Waals surface area (Å²) < 4.78 is 51.9. The van der Waals surface area contributed by atoms with Crippen molar-refractivity contribution >= 4 is 23.9 Å². The number of carbonyl (C=O) groups is 2. The van der Waals surface area contributed by atoms with Crippen LogP contribution in [0, 0.1) is 13.5 Å². The minimum absolute atomic E-state index is 0. The first-order valence-electron chi connectivity index (χ1n) is 11.2. The number of alkyl carbamates (subject to hydrolysis) is 1. The van der Waals surface area contributed by atoms with Gasteiger partial charge in [0.25, 0.3) is 0 Å². The van der Waals surface area contributed by atoms with Crippen LogP contribution in [-0.4, -0.2) is 48.4 Å². The molecular weight excluding hydrogens is 510 g/mol. The Balaban J connectivity index is 0.00000722. The van der Waals surface area contributed by atoms with E-state index in [1.54, 1.807) is 32.9 Å². The van der Waals surface area contributed by atoms with E-state index in [2.05, 4.69) is 11.4 Å². The van der Waals surface area contributed by atoms with Gasteiger partial charge in [-0.05, 0) is 50.2 Å². The van der Waals surface area contributed by atoms with Crippen LogP contribution in [-0.2, 0) is 38.5 Å².